The van der Waals surface area contributed by atoms with Crippen LogP contribution >= 0.6 is 15.9 Å². The summed E-state index contributed by atoms with van der Waals surface area (Å²) in [5.74, 6) is 0.801. The van der Waals surface area contributed by atoms with Gasteiger partial charge in [-0.05, 0) is 25.5 Å². The van der Waals surface area contributed by atoms with Gasteiger partial charge in [-0.25, -0.2) is 4.98 Å². The summed E-state index contributed by atoms with van der Waals surface area (Å²) >= 11 is 3.50. The summed E-state index contributed by atoms with van der Waals surface area (Å²) in [6.07, 6.45) is 0.923. The van der Waals surface area contributed by atoms with Gasteiger partial charge in [0.15, 0.2) is 0 Å². The van der Waals surface area contributed by atoms with Crippen molar-refractivity contribution in [2.45, 2.75) is 31.6 Å². The van der Waals surface area contributed by atoms with Crippen LogP contribution in [0.5, 0.6) is 0 Å². The Morgan fingerprint density at radius 1 is 1.41 bits per heavy atom. The fourth-order valence-electron chi connectivity index (χ4n) is 1.93. The van der Waals surface area contributed by atoms with E-state index in [0.717, 1.165) is 17.8 Å². The number of fused-ring (bicyclic) bond motifs is 1. The quantitative estimate of drug-likeness (QED) is 0.815. The van der Waals surface area contributed by atoms with Crippen molar-refractivity contribution < 1.29 is 0 Å². The molecule has 4 heteroatoms. The molecule has 0 radical (unpaired) electrons. The second kappa shape index (κ2) is 5.00. The molecule has 0 bridgehead atoms. The van der Waals surface area contributed by atoms with Crippen molar-refractivity contribution in [3.05, 3.63) is 40.4 Å². The van der Waals surface area contributed by atoms with Gasteiger partial charge in [0.1, 0.15) is 5.82 Å². The minimum Gasteiger partial charge on any atom is -0.295 e. The fraction of sp³-hybridized carbons (Fsp3) is 0.385. The average molecular weight is 295 g/mol. The third-order valence-electron chi connectivity index (χ3n) is 2.69. The summed E-state index contributed by atoms with van der Waals surface area (Å²) in [4.78, 5) is 17.0. The first-order valence-electron chi connectivity index (χ1n) is 5.78. The van der Waals surface area contributed by atoms with E-state index in [1.54, 1.807) is 4.57 Å². The molecule has 3 nitrogen and oxygen atoms in total. The monoisotopic (exact) mass is 294 g/mol. The molecule has 0 aliphatic heterocycles. The van der Waals surface area contributed by atoms with Crippen LogP contribution in [0.4, 0.5) is 0 Å². The number of hydrogen-bond donors (Lipinski definition) is 0. The van der Waals surface area contributed by atoms with E-state index >= 15 is 0 Å². The molecule has 1 atom stereocenters. The summed E-state index contributed by atoms with van der Waals surface area (Å²) in [5, 5.41) is 0.692. The van der Waals surface area contributed by atoms with Crippen molar-refractivity contribution in [2.24, 2.45) is 0 Å². The fourth-order valence-corrected chi connectivity index (χ4v) is 2.28. The highest BCUT2D eigenvalue weighted by Gasteiger charge is 2.13. The van der Waals surface area contributed by atoms with Crippen molar-refractivity contribution in [1.82, 2.24) is 9.55 Å². The van der Waals surface area contributed by atoms with Gasteiger partial charge in [0, 0.05) is 6.54 Å². The SMILES string of the molecule is CCCn1c([C@@H](C)Br)nc2ccccc2c1=O. The molecule has 2 rings (SSSR count). The lowest BCUT2D eigenvalue weighted by Gasteiger charge is -2.14. The lowest BCUT2D eigenvalue weighted by atomic mass is 10.2. The van der Waals surface area contributed by atoms with E-state index in [1.807, 2.05) is 31.2 Å². The molecule has 0 N–H and O–H groups in total. The van der Waals surface area contributed by atoms with Crippen LogP contribution in [0.25, 0.3) is 10.9 Å². The van der Waals surface area contributed by atoms with Gasteiger partial charge in [-0.15, -0.1) is 0 Å². The highest BCUT2D eigenvalue weighted by molar-refractivity contribution is 9.09. The first kappa shape index (κ1) is 12.3. The largest absolute Gasteiger partial charge is 0.295 e. The zero-order valence-electron chi connectivity index (χ0n) is 9.98. The molecule has 1 aromatic heterocycles. The predicted octanol–water partition coefficient (Wildman–Crippen LogP) is 3.26. The van der Waals surface area contributed by atoms with Crippen LogP contribution in [-0.4, -0.2) is 9.55 Å². The first-order valence-corrected chi connectivity index (χ1v) is 6.70. The Labute approximate surface area is 109 Å². The summed E-state index contributed by atoms with van der Waals surface area (Å²) in [5.41, 5.74) is 0.824. The normalized spacial score (nSPS) is 12.9. The number of halogens is 1. The van der Waals surface area contributed by atoms with Crippen molar-refractivity contribution in [1.29, 1.82) is 0 Å². The molecule has 0 fully saturated rings. The molecule has 0 aliphatic rings. The van der Waals surface area contributed by atoms with E-state index in [1.165, 1.54) is 0 Å². The molecule has 0 aliphatic carbocycles. The molecule has 0 saturated heterocycles. The van der Waals surface area contributed by atoms with Crippen LogP contribution < -0.4 is 5.56 Å². The number of benzene rings is 1. The number of rotatable bonds is 3. The topological polar surface area (TPSA) is 34.9 Å². The van der Waals surface area contributed by atoms with Gasteiger partial charge in [0.2, 0.25) is 0 Å². The maximum Gasteiger partial charge on any atom is 0.261 e. The molecule has 0 unspecified atom stereocenters. The van der Waals surface area contributed by atoms with Gasteiger partial charge in [-0.3, -0.25) is 9.36 Å². The molecule has 1 aromatic carbocycles. The third-order valence-corrected chi connectivity index (χ3v) is 3.10. The van der Waals surface area contributed by atoms with Gasteiger partial charge < -0.3 is 0 Å². The molecule has 0 amide bonds. The maximum absolute atomic E-state index is 12.3. The molecule has 17 heavy (non-hydrogen) atoms. The van der Waals surface area contributed by atoms with Gasteiger partial charge in [-0.1, -0.05) is 35.0 Å². The summed E-state index contributed by atoms with van der Waals surface area (Å²) in [6, 6.07) is 7.49. The molecule has 0 saturated carbocycles. The van der Waals surface area contributed by atoms with Crippen LogP contribution in [0, 0.1) is 0 Å². The second-order valence-corrected chi connectivity index (χ2v) is 5.43. The van der Waals surface area contributed by atoms with Gasteiger partial charge in [0.05, 0.1) is 15.7 Å². The minimum absolute atomic E-state index is 0.0544. The average Bonchev–Trinajstić information content (AvgIpc) is 2.32. The summed E-state index contributed by atoms with van der Waals surface area (Å²) in [6.45, 7) is 4.76. The van der Waals surface area contributed by atoms with Crippen LogP contribution in [-0.2, 0) is 6.54 Å². The van der Waals surface area contributed by atoms with Gasteiger partial charge in [0.25, 0.3) is 5.56 Å². The molecular weight excluding hydrogens is 280 g/mol. The van der Waals surface area contributed by atoms with Crippen molar-refractivity contribution >= 4 is 26.8 Å². The van der Waals surface area contributed by atoms with E-state index in [-0.39, 0.29) is 10.4 Å². The summed E-state index contributed by atoms with van der Waals surface area (Å²) in [7, 11) is 0. The third kappa shape index (κ3) is 2.27. The first-order chi connectivity index (χ1) is 8.15. The highest BCUT2D eigenvalue weighted by atomic mass is 79.9. The summed E-state index contributed by atoms with van der Waals surface area (Å²) < 4.78 is 1.77. The Morgan fingerprint density at radius 3 is 2.76 bits per heavy atom. The standard InChI is InChI=1S/C13H15BrN2O/c1-3-8-16-12(9(2)14)15-11-7-5-4-6-10(11)13(16)17/h4-7,9H,3,8H2,1-2H3/t9-/m1/s1. The van der Waals surface area contributed by atoms with Gasteiger partial charge in [-0.2, -0.15) is 0 Å². The minimum atomic E-state index is 0.0544. The number of alkyl halides is 1. The van der Waals surface area contributed by atoms with Gasteiger partial charge >= 0.3 is 0 Å². The van der Waals surface area contributed by atoms with Crippen molar-refractivity contribution in [3.63, 3.8) is 0 Å². The van der Waals surface area contributed by atoms with E-state index in [0.29, 0.717) is 11.9 Å². The lowest BCUT2D eigenvalue weighted by Crippen LogP contribution is -2.25. The van der Waals surface area contributed by atoms with E-state index in [2.05, 4.69) is 27.8 Å². The molecule has 1 heterocycles. The Morgan fingerprint density at radius 2 is 2.12 bits per heavy atom. The zero-order valence-corrected chi connectivity index (χ0v) is 11.6. The Bertz CT molecular complexity index is 589. The predicted molar refractivity (Wildman–Crippen MR) is 73.6 cm³/mol. The van der Waals surface area contributed by atoms with Crippen molar-refractivity contribution in [2.75, 3.05) is 0 Å². The molecule has 2 aromatic rings. The highest BCUT2D eigenvalue weighted by Crippen LogP contribution is 2.20. The molecule has 90 valence electrons. The van der Waals surface area contributed by atoms with E-state index in [4.69, 9.17) is 0 Å². The maximum atomic E-state index is 12.3. The van der Waals surface area contributed by atoms with Crippen LogP contribution in [0.3, 0.4) is 0 Å². The number of hydrogen-bond acceptors (Lipinski definition) is 2. The van der Waals surface area contributed by atoms with Crippen LogP contribution in [0.15, 0.2) is 29.1 Å². The Hall–Kier alpha value is -1.16. The number of para-hydroxylation sites is 1. The van der Waals surface area contributed by atoms with Crippen molar-refractivity contribution in [3.8, 4) is 0 Å². The van der Waals surface area contributed by atoms with Crippen LogP contribution in [0.2, 0.25) is 0 Å². The molecule has 0 spiro atoms. The number of nitrogens with zero attached hydrogens (tertiary/aromatic N) is 2. The van der Waals surface area contributed by atoms with E-state index in [9.17, 15) is 4.79 Å². The van der Waals surface area contributed by atoms with Crippen LogP contribution in [0.1, 0.15) is 30.9 Å². The Kier molecular flexibility index (Phi) is 3.62. The molecular formula is C13H15BrN2O. The Balaban J connectivity index is 2.79. The zero-order chi connectivity index (χ0) is 12.4. The smallest absolute Gasteiger partial charge is 0.261 e. The second-order valence-electron chi connectivity index (χ2n) is 4.06. The number of aromatic nitrogens is 2. The lowest BCUT2D eigenvalue weighted by molar-refractivity contribution is 0.609. The van der Waals surface area contributed by atoms with E-state index < -0.39 is 0 Å².